The number of morpholine rings is 1. The zero-order valence-corrected chi connectivity index (χ0v) is 13.7. The standard InChI is InChI=1S/C16H20N4O4/c1-11-7-20(8-12(2)23-11)15(21)10-22-9-14-18-16(19-24-14)13-3-5-17-6-4-13/h3-6,11-12H,7-10H2,1-2H3. The van der Waals surface area contributed by atoms with Crippen LogP contribution in [0.3, 0.4) is 0 Å². The van der Waals surface area contributed by atoms with E-state index in [0.717, 1.165) is 5.56 Å². The predicted molar refractivity (Wildman–Crippen MR) is 83.8 cm³/mol. The number of aromatic nitrogens is 3. The summed E-state index contributed by atoms with van der Waals surface area (Å²) < 4.78 is 16.2. The molecule has 0 radical (unpaired) electrons. The van der Waals surface area contributed by atoms with Crippen molar-refractivity contribution in [3.8, 4) is 11.4 Å². The molecule has 0 N–H and O–H groups in total. The maximum atomic E-state index is 12.2. The third-order valence-electron chi connectivity index (χ3n) is 3.63. The lowest BCUT2D eigenvalue weighted by Crippen LogP contribution is -2.49. The molecule has 0 saturated carbocycles. The second kappa shape index (κ2) is 7.50. The molecule has 0 bridgehead atoms. The molecule has 2 atom stereocenters. The summed E-state index contributed by atoms with van der Waals surface area (Å²) in [6.07, 6.45) is 3.39. The minimum Gasteiger partial charge on any atom is -0.372 e. The van der Waals surface area contributed by atoms with Crippen LogP contribution in [-0.4, -0.2) is 57.8 Å². The Morgan fingerprint density at radius 1 is 1.29 bits per heavy atom. The van der Waals surface area contributed by atoms with Crippen LogP contribution in [0, 0.1) is 0 Å². The van der Waals surface area contributed by atoms with E-state index in [9.17, 15) is 4.79 Å². The second-order valence-corrected chi connectivity index (χ2v) is 5.80. The van der Waals surface area contributed by atoms with Crippen LogP contribution in [0.15, 0.2) is 29.0 Å². The zero-order valence-electron chi connectivity index (χ0n) is 13.7. The second-order valence-electron chi connectivity index (χ2n) is 5.80. The Bertz CT molecular complexity index is 666. The van der Waals surface area contributed by atoms with Gasteiger partial charge in [-0.1, -0.05) is 5.16 Å². The molecule has 2 unspecified atom stereocenters. The van der Waals surface area contributed by atoms with Gasteiger partial charge in [0, 0.05) is 31.0 Å². The van der Waals surface area contributed by atoms with Gasteiger partial charge in [0.2, 0.25) is 11.7 Å². The van der Waals surface area contributed by atoms with Crippen molar-refractivity contribution >= 4 is 5.91 Å². The molecule has 0 aliphatic carbocycles. The van der Waals surface area contributed by atoms with Crippen LogP contribution in [-0.2, 0) is 20.9 Å². The highest BCUT2D eigenvalue weighted by Crippen LogP contribution is 2.14. The molecule has 2 aromatic rings. The van der Waals surface area contributed by atoms with Gasteiger partial charge in [0.25, 0.3) is 5.89 Å². The first-order valence-electron chi connectivity index (χ1n) is 7.86. The van der Waals surface area contributed by atoms with E-state index in [4.69, 9.17) is 14.0 Å². The average molecular weight is 332 g/mol. The van der Waals surface area contributed by atoms with Crippen LogP contribution in [0.4, 0.5) is 0 Å². The average Bonchev–Trinajstić information content (AvgIpc) is 3.03. The van der Waals surface area contributed by atoms with Gasteiger partial charge in [0.1, 0.15) is 13.2 Å². The van der Waals surface area contributed by atoms with Gasteiger partial charge < -0.3 is 18.9 Å². The van der Waals surface area contributed by atoms with Crippen molar-refractivity contribution in [3.63, 3.8) is 0 Å². The number of ether oxygens (including phenoxy) is 2. The summed E-state index contributed by atoms with van der Waals surface area (Å²) in [4.78, 5) is 22.1. The van der Waals surface area contributed by atoms with Crippen molar-refractivity contribution < 1.29 is 18.8 Å². The summed E-state index contributed by atoms with van der Waals surface area (Å²) in [6, 6.07) is 3.58. The van der Waals surface area contributed by atoms with Gasteiger partial charge in [-0.3, -0.25) is 9.78 Å². The third kappa shape index (κ3) is 4.15. The molecule has 1 aliphatic rings. The molecule has 8 nitrogen and oxygen atoms in total. The summed E-state index contributed by atoms with van der Waals surface area (Å²) in [5.41, 5.74) is 0.812. The van der Waals surface area contributed by atoms with Gasteiger partial charge in [-0.2, -0.15) is 4.98 Å². The Labute approximate surface area is 139 Å². The lowest BCUT2D eigenvalue weighted by Gasteiger charge is -2.35. The Kier molecular flexibility index (Phi) is 5.17. The summed E-state index contributed by atoms with van der Waals surface area (Å²) in [6.45, 7) is 5.15. The molecule has 1 fully saturated rings. The summed E-state index contributed by atoms with van der Waals surface area (Å²) in [5, 5.41) is 3.89. The van der Waals surface area contributed by atoms with Gasteiger partial charge in [0.15, 0.2) is 0 Å². The van der Waals surface area contributed by atoms with Gasteiger partial charge in [-0.05, 0) is 26.0 Å². The molecule has 8 heteroatoms. The van der Waals surface area contributed by atoms with E-state index in [1.807, 2.05) is 13.8 Å². The first-order chi connectivity index (χ1) is 11.6. The number of pyridine rings is 1. The first kappa shape index (κ1) is 16.5. The van der Waals surface area contributed by atoms with E-state index >= 15 is 0 Å². The minimum absolute atomic E-state index is 0.0214. The van der Waals surface area contributed by atoms with E-state index in [2.05, 4.69) is 15.1 Å². The van der Waals surface area contributed by atoms with E-state index < -0.39 is 0 Å². The quantitative estimate of drug-likeness (QED) is 0.814. The highest BCUT2D eigenvalue weighted by atomic mass is 16.5. The molecule has 0 spiro atoms. The van der Waals surface area contributed by atoms with Crippen molar-refractivity contribution in [1.82, 2.24) is 20.0 Å². The van der Waals surface area contributed by atoms with Crippen LogP contribution in [0.25, 0.3) is 11.4 Å². The maximum Gasteiger partial charge on any atom is 0.252 e. The van der Waals surface area contributed by atoms with Gasteiger partial charge in [0.05, 0.1) is 12.2 Å². The van der Waals surface area contributed by atoms with Crippen LogP contribution in [0.1, 0.15) is 19.7 Å². The van der Waals surface area contributed by atoms with E-state index in [-0.39, 0.29) is 31.3 Å². The molecule has 2 aromatic heterocycles. The summed E-state index contributed by atoms with van der Waals surface area (Å²) in [5.74, 6) is 0.738. The number of nitrogens with zero attached hydrogens (tertiary/aromatic N) is 4. The monoisotopic (exact) mass is 332 g/mol. The number of hydrogen-bond acceptors (Lipinski definition) is 7. The van der Waals surface area contributed by atoms with Crippen molar-refractivity contribution in [2.45, 2.75) is 32.7 Å². The van der Waals surface area contributed by atoms with Crippen molar-refractivity contribution in [2.75, 3.05) is 19.7 Å². The normalized spacial score (nSPS) is 21.0. The number of amides is 1. The smallest absolute Gasteiger partial charge is 0.252 e. The number of hydrogen-bond donors (Lipinski definition) is 0. The third-order valence-corrected chi connectivity index (χ3v) is 3.63. The molecule has 1 aliphatic heterocycles. The Hall–Kier alpha value is -2.32. The highest BCUT2D eigenvalue weighted by molar-refractivity contribution is 5.77. The Balaban J connectivity index is 1.48. The van der Waals surface area contributed by atoms with Crippen LogP contribution < -0.4 is 0 Å². The fraction of sp³-hybridized carbons (Fsp3) is 0.500. The summed E-state index contributed by atoms with van der Waals surface area (Å²) in [7, 11) is 0. The lowest BCUT2D eigenvalue weighted by atomic mass is 10.2. The molecular formula is C16H20N4O4. The molecule has 3 rings (SSSR count). The number of carbonyl (C=O) groups excluding carboxylic acids is 1. The van der Waals surface area contributed by atoms with Crippen LogP contribution in [0.5, 0.6) is 0 Å². The molecule has 128 valence electrons. The van der Waals surface area contributed by atoms with E-state index in [1.165, 1.54) is 0 Å². The van der Waals surface area contributed by atoms with Gasteiger partial charge >= 0.3 is 0 Å². The number of carbonyl (C=O) groups is 1. The van der Waals surface area contributed by atoms with Crippen molar-refractivity contribution in [3.05, 3.63) is 30.4 Å². The van der Waals surface area contributed by atoms with E-state index in [1.54, 1.807) is 29.4 Å². The Morgan fingerprint density at radius 3 is 2.71 bits per heavy atom. The van der Waals surface area contributed by atoms with Crippen LogP contribution >= 0.6 is 0 Å². The fourth-order valence-electron chi connectivity index (χ4n) is 2.63. The molecular weight excluding hydrogens is 312 g/mol. The van der Waals surface area contributed by atoms with E-state index in [0.29, 0.717) is 24.8 Å². The SMILES string of the molecule is CC1CN(C(=O)COCc2nc(-c3ccncc3)no2)CC(C)O1. The largest absolute Gasteiger partial charge is 0.372 e. The molecule has 3 heterocycles. The van der Waals surface area contributed by atoms with Gasteiger partial charge in [-0.15, -0.1) is 0 Å². The predicted octanol–water partition coefficient (Wildman–Crippen LogP) is 1.28. The Morgan fingerprint density at radius 2 is 2.00 bits per heavy atom. The molecule has 1 saturated heterocycles. The lowest BCUT2D eigenvalue weighted by molar-refractivity contribution is -0.148. The molecule has 0 aromatic carbocycles. The van der Waals surface area contributed by atoms with Crippen molar-refractivity contribution in [2.24, 2.45) is 0 Å². The topological polar surface area (TPSA) is 90.6 Å². The molecule has 1 amide bonds. The number of rotatable bonds is 5. The highest BCUT2D eigenvalue weighted by Gasteiger charge is 2.25. The maximum absolute atomic E-state index is 12.2. The zero-order chi connectivity index (χ0) is 16.9. The minimum atomic E-state index is -0.0640. The fourth-order valence-corrected chi connectivity index (χ4v) is 2.63. The van der Waals surface area contributed by atoms with Gasteiger partial charge in [-0.25, -0.2) is 0 Å². The first-order valence-corrected chi connectivity index (χ1v) is 7.86. The molecule has 24 heavy (non-hydrogen) atoms. The van der Waals surface area contributed by atoms with Crippen LogP contribution in [0.2, 0.25) is 0 Å². The summed E-state index contributed by atoms with van der Waals surface area (Å²) >= 11 is 0. The van der Waals surface area contributed by atoms with Crippen molar-refractivity contribution in [1.29, 1.82) is 0 Å².